The standard InChI is InChI=1S/C27H30N8O3/c1-18(20-10-12-28-13-11-20)34-35-25-16-24(29-14-9-19-5-7-22(36-2)23(15-19)37-3)32-27(33-25)31-21-6-8-26(38-4)30-17-21/h5-8,10-13,15-17H,9,14H2,1-4H3,(H3,29,31,32,33,35). The summed E-state index contributed by atoms with van der Waals surface area (Å²) in [7, 11) is 4.82. The first-order chi connectivity index (χ1) is 18.6. The number of aromatic nitrogens is 4. The van der Waals surface area contributed by atoms with E-state index >= 15 is 0 Å². The monoisotopic (exact) mass is 514 g/mol. The molecule has 0 amide bonds. The van der Waals surface area contributed by atoms with Gasteiger partial charge in [-0.2, -0.15) is 15.1 Å². The Morgan fingerprint density at radius 3 is 2.37 bits per heavy atom. The lowest BCUT2D eigenvalue weighted by molar-refractivity contribution is 0.354. The van der Waals surface area contributed by atoms with Gasteiger partial charge in [0.1, 0.15) is 5.82 Å². The van der Waals surface area contributed by atoms with E-state index in [4.69, 9.17) is 14.2 Å². The van der Waals surface area contributed by atoms with Gasteiger partial charge in [0, 0.05) is 36.6 Å². The van der Waals surface area contributed by atoms with Crippen molar-refractivity contribution >= 4 is 29.0 Å². The Bertz CT molecular complexity index is 1360. The molecule has 0 saturated carbocycles. The first kappa shape index (κ1) is 26.1. The van der Waals surface area contributed by atoms with Crippen LogP contribution in [0.5, 0.6) is 17.4 Å². The van der Waals surface area contributed by atoms with E-state index in [0.29, 0.717) is 41.5 Å². The molecule has 196 valence electrons. The van der Waals surface area contributed by atoms with Crippen molar-refractivity contribution in [1.82, 2.24) is 19.9 Å². The highest BCUT2D eigenvalue weighted by Gasteiger charge is 2.08. The van der Waals surface area contributed by atoms with E-state index in [1.54, 1.807) is 52.1 Å². The third kappa shape index (κ3) is 7.06. The lowest BCUT2D eigenvalue weighted by Crippen LogP contribution is -2.10. The number of pyridine rings is 2. The van der Waals surface area contributed by atoms with Crippen LogP contribution in [-0.2, 0) is 6.42 Å². The molecule has 0 spiro atoms. The molecule has 3 N–H and O–H groups in total. The molecule has 38 heavy (non-hydrogen) atoms. The molecule has 4 aromatic rings. The second-order valence-corrected chi connectivity index (χ2v) is 8.09. The third-order valence-electron chi connectivity index (χ3n) is 5.53. The molecule has 3 heterocycles. The number of hydrogen-bond donors (Lipinski definition) is 3. The number of nitrogens with zero attached hydrogens (tertiary/aromatic N) is 5. The van der Waals surface area contributed by atoms with Crippen molar-refractivity contribution in [1.29, 1.82) is 0 Å². The van der Waals surface area contributed by atoms with Gasteiger partial charge in [-0.3, -0.25) is 10.4 Å². The largest absolute Gasteiger partial charge is 0.493 e. The highest BCUT2D eigenvalue weighted by molar-refractivity contribution is 5.98. The Hall–Kier alpha value is -4.93. The summed E-state index contributed by atoms with van der Waals surface area (Å²) in [6.45, 7) is 2.54. The van der Waals surface area contributed by atoms with Gasteiger partial charge in [-0.1, -0.05) is 6.07 Å². The summed E-state index contributed by atoms with van der Waals surface area (Å²) < 4.78 is 15.9. The van der Waals surface area contributed by atoms with Gasteiger partial charge in [-0.15, -0.1) is 0 Å². The minimum Gasteiger partial charge on any atom is -0.493 e. The molecule has 0 atom stereocenters. The average Bonchev–Trinajstić information content (AvgIpc) is 2.96. The summed E-state index contributed by atoms with van der Waals surface area (Å²) in [5, 5.41) is 11.0. The van der Waals surface area contributed by atoms with E-state index in [9.17, 15) is 0 Å². The maximum absolute atomic E-state index is 5.41. The lowest BCUT2D eigenvalue weighted by atomic mass is 10.1. The Labute approximate surface area is 221 Å². The zero-order valence-electron chi connectivity index (χ0n) is 21.7. The van der Waals surface area contributed by atoms with Crippen LogP contribution in [0.15, 0.2) is 72.2 Å². The Morgan fingerprint density at radius 2 is 1.66 bits per heavy atom. The zero-order chi connectivity index (χ0) is 26.7. The number of hydrogen-bond acceptors (Lipinski definition) is 11. The number of rotatable bonds is 12. The summed E-state index contributed by atoms with van der Waals surface area (Å²) >= 11 is 0. The first-order valence-electron chi connectivity index (χ1n) is 11.9. The molecule has 11 heteroatoms. The van der Waals surface area contributed by atoms with Crippen LogP contribution in [0.4, 0.5) is 23.3 Å². The van der Waals surface area contributed by atoms with E-state index in [2.05, 4.69) is 41.1 Å². The molecule has 11 nitrogen and oxygen atoms in total. The summed E-state index contributed by atoms with van der Waals surface area (Å²) in [6.07, 6.45) is 5.85. The smallest absolute Gasteiger partial charge is 0.231 e. The Morgan fingerprint density at radius 1 is 0.868 bits per heavy atom. The van der Waals surface area contributed by atoms with Crippen molar-refractivity contribution in [3.05, 3.63) is 78.2 Å². The second kappa shape index (κ2) is 12.9. The highest BCUT2D eigenvalue weighted by atomic mass is 16.5. The van der Waals surface area contributed by atoms with Crippen LogP contribution >= 0.6 is 0 Å². The fourth-order valence-electron chi connectivity index (χ4n) is 3.52. The molecule has 1 aromatic carbocycles. The topological polar surface area (TPSA) is 128 Å². The minimum absolute atomic E-state index is 0.382. The number of benzene rings is 1. The van der Waals surface area contributed by atoms with Gasteiger partial charge in [-0.05, 0) is 49.2 Å². The predicted molar refractivity (Wildman–Crippen MR) is 148 cm³/mol. The predicted octanol–water partition coefficient (Wildman–Crippen LogP) is 4.53. The first-order valence-corrected chi connectivity index (χ1v) is 11.9. The summed E-state index contributed by atoms with van der Waals surface area (Å²) in [5.41, 5.74) is 6.60. The van der Waals surface area contributed by atoms with Crippen molar-refractivity contribution in [2.75, 3.05) is 43.9 Å². The molecule has 0 saturated heterocycles. The number of hydrazone groups is 1. The maximum Gasteiger partial charge on any atom is 0.231 e. The summed E-state index contributed by atoms with van der Waals surface area (Å²) in [4.78, 5) is 17.5. The molecule has 0 aliphatic rings. The molecule has 4 rings (SSSR count). The van der Waals surface area contributed by atoms with Gasteiger partial charge in [0.2, 0.25) is 11.8 Å². The number of methoxy groups -OCH3 is 3. The maximum atomic E-state index is 5.41. The van der Waals surface area contributed by atoms with Crippen molar-refractivity contribution in [2.45, 2.75) is 13.3 Å². The number of anilines is 4. The minimum atomic E-state index is 0.382. The van der Waals surface area contributed by atoms with Crippen molar-refractivity contribution < 1.29 is 14.2 Å². The van der Waals surface area contributed by atoms with E-state index in [1.165, 1.54) is 0 Å². The third-order valence-corrected chi connectivity index (χ3v) is 5.53. The number of nitrogens with one attached hydrogen (secondary N) is 3. The van der Waals surface area contributed by atoms with Gasteiger partial charge >= 0.3 is 0 Å². The lowest BCUT2D eigenvalue weighted by Gasteiger charge is -2.12. The van der Waals surface area contributed by atoms with Crippen LogP contribution in [0.25, 0.3) is 0 Å². The Balaban J connectivity index is 1.51. The molecule has 0 aliphatic carbocycles. The molecule has 0 radical (unpaired) electrons. The fraction of sp³-hybridized carbons (Fsp3) is 0.222. The number of ether oxygens (including phenoxy) is 3. The van der Waals surface area contributed by atoms with Crippen molar-refractivity contribution in [3.63, 3.8) is 0 Å². The van der Waals surface area contributed by atoms with Crippen LogP contribution in [0.1, 0.15) is 18.1 Å². The van der Waals surface area contributed by atoms with Crippen LogP contribution in [0.3, 0.4) is 0 Å². The van der Waals surface area contributed by atoms with Crippen LogP contribution in [-0.4, -0.2) is 53.5 Å². The summed E-state index contributed by atoms with van der Waals surface area (Å²) in [6, 6.07) is 15.1. The van der Waals surface area contributed by atoms with Gasteiger partial charge in [-0.25, -0.2) is 4.98 Å². The van der Waals surface area contributed by atoms with Crippen molar-refractivity contribution in [3.8, 4) is 17.4 Å². The van der Waals surface area contributed by atoms with Crippen LogP contribution in [0, 0.1) is 0 Å². The summed E-state index contributed by atoms with van der Waals surface area (Å²) in [5.74, 6) is 3.44. The zero-order valence-corrected chi connectivity index (χ0v) is 21.7. The SMILES string of the molecule is COc1ccc(Nc2nc(NCCc3ccc(OC)c(OC)c3)cc(NN=C(C)c3ccncc3)n2)cn1. The van der Waals surface area contributed by atoms with Gasteiger partial charge < -0.3 is 24.8 Å². The van der Waals surface area contributed by atoms with Crippen LogP contribution in [0.2, 0.25) is 0 Å². The van der Waals surface area contributed by atoms with E-state index < -0.39 is 0 Å². The normalized spacial score (nSPS) is 11.0. The van der Waals surface area contributed by atoms with E-state index in [0.717, 1.165) is 28.9 Å². The second-order valence-electron chi connectivity index (χ2n) is 8.09. The fourth-order valence-corrected chi connectivity index (χ4v) is 3.52. The molecular formula is C27H30N8O3. The molecule has 0 bridgehead atoms. The Kier molecular flexibility index (Phi) is 8.85. The van der Waals surface area contributed by atoms with Gasteiger partial charge in [0.05, 0.1) is 38.9 Å². The van der Waals surface area contributed by atoms with Gasteiger partial charge in [0.15, 0.2) is 17.3 Å². The van der Waals surface area contributed by atoms with E-state index in [-0.39, 0.29) is 0 Å². The molecule has 0 fully saturated rings. The quantitative estimate of drug-likeness (QED) is 0.183. The average molecular weight is 515 g/mol. The highest BCUT2D eigenvalue weighted by Crippen LogP contribution is 2.28. The van der Waals surface area contributed by atoms with Gasteiger partial charge in [0.25, 0.3) is 0 Å². The molecule has 3 aromatic heterocycles. The van der Waals surface area contributed by atoms with Crippen molar-refractivity contribution in [2.24, 2.45) is 5.10 Å². The molecule has 0 unspecified atom stereocenters. The van der Waals surface area contributed by atoms with E-state index in [1.807, 2.05) is 43.3 Å². The molecular weight excluding hydrogens is 484 g/mol. The molecule has 0 aliphatic heterocycles. The van der Waals surface area contributed by atoms with Crippen LogP contribution < -0.4 is 30.3 Å².